The largest absolute Gasteiger partial charge is 0.382 e. The van der Waals surface area contributed by atoms with Gasteiger partial charge in [0.15, 0.2) is 0 Å². The molecule has 0 amide bonds. The predicted molar refractivity (Wildman–Crippen MR) is 80.3 cm³/mol. The van der Waals surface area contributed by atoms with Crippen LogP contribution in [0.4, 0.5) is 5.69 Å². The smallest absolute Gasteiger partial charge is 0.287 e. The second-order valence-electron chi connectivity index (χ2n) is 4.71. The Bertz CT molecular complexity index is 625. The van der Waals surface area contributed by atoms with E-state index in [0.29, 0.717) is 12.2 Å². The molecule has 0 aliphatic rings. The first-order valence-corrected chi connectivity index (χ1v) is 6.88. The maximum Gasteiger partial charge on any atom is 0.287 e. The zero-order chi connectivity index (χ0) is 14.5. The molecule has 1 N–H and O–H groups in total. The Balaban J connectivity index is 2.04. The summed E-state index contributed by atoms with van der Waals surface area (Å²) >= 11 is 6.07. The van der Waals surface area contributed by atoms with Crippen LogP contribution in [0, 0.1) is 0 Å². The minimum Gasteiger partial charge on any atom is -0.382 e. The second-order valence-corrected chi connectivity index (χ2v) is 5.09. The van der Waals surface area contributed by atoms with E-state index in [4.69, 9.17) is 11.6 Å². The Hall–Kier alpha value is -1.88. The molecule has 6 heteroatoms. The summed E-state index contributed by atoms with van der Waals surface area (Å²) in [4.78, 5) is 16.2. The molecule has 0 spiro atoms. The summed E-state index contributed by atoms with van der Waals surface area (Å²) in [6.45, 7) is 4.42. The van der Waals surface area contributed by atoms with E-state index >= 15 is 0 Å². The minimum atomic E-state index is -0.274. The number of hydrogen-bond acceptors (Lipinski definition) is 4. The Morgan fingerprint density at radius 2 is 2.20 bits per heavy atom. The van der Waals surface area contributed by atoms with Crippen LogP contribution < -0.4 is 10.9 Å². The first-order valence-electron chi connectivity index (χ1n) is 6.50. The molecule has 0 bridgehead atoms. The van der Waals surface area contributed by atoms with Crippen molar-refractivity contribution in [1.82, 2.24) is 14.8 Å². The molecule has 0 fully saturated rings. The highest BCUT2D eigenvalue weighted by Crippen LogP contribution is 2.16. The van der Waals surface area contributed by atoms with E-state index < -0.39 is 0 Å². The quantitative estimate of drug-likeness (QED) is 0.920. The van der Waals surface area contributed by atoms with Gasteiger partial charge in [-0.15, -0.1) is 0 Å². The van der Waals surface area contributed by atoms with Crippen LogP contribution in [0.5, 0.6) is 0 Å². The fourth-order valence-corrected chi connectivity index (χ4v) is 2.01. The fraction of sp³-hybridized carbons (Fsp3) is 0.357. The molecule has 0 atom stereocenters. The maximum absolute atomic E-state index is 12.0. The lowest BCUT2D eigenvalue weighted by atomic mass is 10.2. The summed E-state index contributed by atoms with van der Waals surface area (Å²) in [7, 11) is 0. The van der Waals surface area contributed by atoms with Crippen molar-refractivity contribution in [3.8, 4) is 0 Å². The van der Waals surface area contributed by atoms with Crippen molar-refractivity contribution in [2.45, 2.75) is 26.3 Å². The van der Waals surface area contributed by atoms with E-state index in [0.717, 1.165) is 12.1 Å². The van der Waals surface area contributed by atoms with Crippen LogP contribution in [-0.2, 0) is 6.42 Å². The van der Waals surface area contributed by atoms with Gasteiger partial charge in [-0.3, -0.25) is 9.78 Å². The minimum absolute atomic E-state index is 0.0115. The van der Waals surface area contributed by atoms with Gasteiger partial charge in [0, 0.05) is 24.9 Å². The zero-order valence-corrected chi connectivity index (χ0v) is 12.3. The number of nitrogens with one attached hydrogen (secondary N) is 1. The highest BCUT2D eigenvalue weighted by Gasteiger charge is 2.10. The number of hydrogen-bond donors (Lipinski definition) is 1. The predicted octanol–water partition coefficient (Wildman–Crippen LogP) is 2.53. The van der Waals surface area contributed by atoms with E-state index in [-0.39, 0.29) is 16.6 Å². The van der Waals surface area contributed by atoms with Crippen LogP contribution in [0.3, 0.4) is 0 Å². The van der Waals surface area contributed by atoms with Crippen LogP contribution in [0.1, 0.15) is 25.6 Å². The van der Waals surface area contributed by atoms with Gasteiger partial charge in [-0.1, -0.05) is 17.7 Å². The normalized spacial score (nSPS) is 10.8. The summed E-state index contributed by atoms with van der Waals surface area (Å²) in [5.41, 5.74) is 1.27. The molecule has 0 aromatic carbocycles. The fourth-order valence-electron chi connectivity index (χ4n) is 1.81. The van der Waals surface area contributed by atoms with E-state index in [1.54, 1.807) is 12.4 Å². The number of nitrogens with zero attached hydrogens (tertiary/aromatic N) is 3. The van der Waals surface area contributed by atoms with E-state index in [2.05, 4.69) is 15.4 Å². The molecule has 0 saturated carbocycles. The topological polar surface area (TPSA) is 59.8 Å². The molecule has 0 aliphatic carbocycles. The molecule has 5 nitrogen and oxygen atoms in total. The van der Waals surface area contributed by atoms with Gasteiger partial charge >= 0.3 is 0 Å². The Morgan fingerprint density at radius 1 is 1.40 bits per heavy atom. The average Bonchev–Trinajstić information content (AvgIpc) is 2.44. The first-order chi connectivity index (χ1) is 9.59. The van der Waals surface area contributed by atoms with Crippen molar-refractivity contribution in [2.75, 3.05) is 11.9 Å². The summed E-state index contributed by atoms with van der Waals surface area (Å²) in [6, 6.07) is 5.77. The van der Waals surface area contributed by atoms with Gasteiger partial charge in [0.05, 0.1) is 17.9 Å². The van der Waals surface area contributed by atoms with E-state index in [1.165, 1.54) is 4.68 Å². The molecule has 2 rings (SSSR count). The number of aromatic nitrogens is 3. The SMILES string of the molecule is CC(C)n1ncc(NCCc2ccccn2)c(Cl)c1=O. The second kappa shape index (κ2) is 6.52. The van der Waals surface area contributed by atoms with Crippen molar-refractivity contribution < 1.29 is 0 Å². The number of rotatable bonds is 5. The van der Waals surface area contributed by atoms with Crippen LogP contribution in [-0.4, -0.2) is 21.3 Å². The monoisotopic (exact) mass is 292 g/mol. The van der Waals surface area contributed by atoms with Crippen LogP contribution in [0.2, 0.25) is 5.02 Å². The average molecular weight is 293 g/mol. The summed E-state index contributed by atoms with van der Waals surface area (Å²) in [5, 5.41) is 7.40. The Morgan fingerprint density at radius 3 is 2.85 bits per heavy atom. The van der Waals surface area contributed by atoms with Crippen LogP contribution in [0.15, 0.2) is 35.4 Å². The number of anilines is 1. The van der Waals surface area contributed by atoms with Gasteiger partial charge < -0.3 is 5.32 Å². The van der Waals surface area contributed by atoms with Gasteiger partial charge in [0.25, 0.3) is 5.56 Å². The summed E-state index contributed by atoms with van der Waals surface area (Å²) < 4.78 is 1.37. The highest BCUT2D eigenvalue weighted by atomic mass is 35.5. The van der Waals surface area contributed by atoms with E-state index in [1.807, 2.05) is 32.0 Å². The van der Waals surface area contributed by atoms with Gasteiger partial charge in [-0.25, -0.2) is 4.68 Å². The van der Waals surface area contributed by atoms with Gasteiger partial charge in [-0.05, 0) is 26.0 Å². The molecular weight excluding hydrogens is 276 g/mol. The summed E-state index contributed by atoms with van der Waals surface area (Å²) in [6.07, 6.45) is 4.10. The molecule has 0 radical (unpaired) electrons. The molecular formula is C14H17ClN4O. The third kappa shape index (κ3) is 3.36. The van der Waals surface area contributed by atoms with Crippen molar-refractivity contribution >= 4 is 17.3 Å². The lowest BCUT2D eigenvalue weighted by Crippen LogP contribution is -2.26. The summed E-state index contributed by atoms with van der Waals surface area (Å²) in [5.74, 6) is 0. The van der Waals surface area contributed by atoms with Crippen molar-refractivity contribution in [3.05, 3.63) is 51.7 Å². The van der Waals surface area contributed by atoms with Gasteiger partial charge in [0.1, 0.15) is 5.02 Å². The maximum atomic E-state index is 12.0. The lowest BCUT2D eigenvalue weighted by Gasteiger charge is -2.12. The third-order valence-electron chi connectivity index (χ3n) is 2.86. The molecule has 2 aromatic rings. The standard InChI is InChI=1S/C14H17ClN4O/c1-10(2)19-14(20)13(15)12(9-18-19)17-8-6-11-5-3-4-7-16-11/h3-5,7,9-10,17H,6,8H2,1-2H3. The molecule has 2 aromatic heterocycles. The van der Waals surface area contributed by atoms with Crippen LogP contribution >= 0.6 is 11.6 Å². The van der Waals surface area contributed by atoms with Crippen molar-refractivity contribution in [2.24, 2.45) is 0 Å². The number of halogens is 1. The third-order valence-corrected chi connectivity index (χ3v) is 3.22. The van der Waals surface area contributed by atoms with E-state index in [9.17, 15) is 4.79 Å². The van der Waals surface area contributed by atoms with Gasteiger partial charge in [-0.2, -0.15) is 5.10 Å². The molecule has 0 aliphatic heterocycles. The van der Waals surface area contributed by atoms with Crippen molar-refractivity contribution in [1.29, 1.82) is 0 Å². The molecule has 0 saturated heterocycles. The Kier molecular flexibility index (Phi) is 4.74. The Labute approximate surface area is 122 Å². The molecule has 106 valence electrons. The van der Waals surface area contributed by atoms with Crippen LogP contribution in [0.25, 0.3) is 0 Å². The molecule has 2 heterocycles. The van der Waals surface area contributed by atoms with Crippen molar-refractivity contribution in [3.63, 3.8) is 0 Å². The molecule has 20 heavy (non-hydrogen) atoms. The zero-order valence-electron chi connectivity index (χ0n) is 11.5. The molecule has 0 unspecified atom stereocenters. The first kappa shape index (κ1) is 14.5. The lowest BCUT2D eigenvalue weighted by molar-refractivity contribution is 0.503. The number of pyridine rings is 1. The highest BCUT2D eigenvalue weighted by molar-refractivity contribution is 6.32. The van der Waals surface area contributed by atoms with Gasteiger partial charge in [0.2, 0.25) is 0 Å².